The number of amides is 1. The highest BCUT2D eigenvalue weighted by molar-refractivity contribution is 9.10. The maximum absolute atomic E-state index is 12.6. The maximum Gasteiger partial charge on any atom is 0.274 e. The number of nitrogens with zero attached hydrogens (tertiary/aromatic N) is 3. The Morgan fingerprint density at radius 3 is 2.23 bits per heavy atom. The third-order valence-corrected chi connectivity index (χ3v) is 6.31. The van der Waals surface area contributed by atoms with Crippen LogP contribution in [0.15, 0.2) is 94.0 Å². The molecule has 0 atom stereocenters. The molecular weight excluding hydrogens is 574 g/mol. The van der Waals surface area contributed by atoms with E-state index >= 15 is 0 Å². The lowest BCUT2D eigenvalue weighted by Gasteiger charge is -2.08. The monoisotopic (exact) mass is 591 g/mol. The second-order valence-corrected chi connectivity index (χ2v) is 9.55. The van der Waals surface area contributed by atoms with Crippen LogP contribution in [0, 0.1) is 0 Å². The normalized spacial score (nSPS) is 10.8. The molecule has 35 heavy (non-hydrogen) atoms. The van der Waals surface area contributed by atoms with Crippen molar-refractivity contribution in [2.75, 3.05) is 10.6 Å². The zero-order valence-electron chi connectivity index (χ0n) is 18.5. The Kier molecular flexibility index (Phi) is 6.52. The number of carbonyl (C=O) groups is 1. The number of fused-ring (bicyclic) bond motifs is 1. The Morgan fingerprint density at radius 1 is 0.857 bits per heavy atom. The maximum atomic E-state index is 12.6. The lowest BCUT2D eigenvalue weighted by molar-refractivity contribution is 0.102. The van der Waals surface area contributed by atoms with Crippen molar-refractivity contribution in [1.82, 2.24) is 14.5 Å². The second-order valence-electron chi connectivity index (χ2n) is 7.72. The van der Waals surface area contributed by atoms with Crippen molar-refractivity contribution < 1.29 is 9.53 Å². The van der Waals surface area contributed by atoms with Crippen molar-refractivity contribution in [2.24, 2.45) is 7.05 Å². The lowest BCUT2D eigenvalue weighted by Crippen LogP contribution is -2.13. The first-order chi connectivity index (χ1) is 16.9. The van der Waals surface area contributed by atoms with Crippen molar-refractivity contribution >= 4 is 66.1 Å². The number of ether oxygens (including phenoxy) is 1. The Hall–Kier alpha value is -3.69. The van der Waals surface area contributed by atoms with E-state index in [0.29, 0.717) is 17.2 Å². The van der Waals surface area contributed by atoms with Gasteiger partial charge in [-0.15, -0.1) is 0 Å². The molecule has 0 aliphatic rings. The average molecular weight is 593 g/mol. The van der Waals surface area contributed by atoms with E-state index < -0.39 is 0 Å². The average Bonchev–Trinajstić information content (AvgIpc) is 3.16. The highest BCUT2D eigenvalue weighted by Gasteiger charge is 2.12. The molecule has 2 heterocycles. The SMILES string of the molecule is Cn1c(Nc2ccc(Br)cc2)nc2cc(Oc3ccnc(C(=O)Nc4ccc(Br)cc4)c3)ccc21. The number of carbonyl (C=O) groups excluding carboxylic acids is 1. The van der Waals surface area contributed by atoms with Crippen LogP contribution < -0.4 is 15.4 Å². The Morgan fingerprint density at radius 2 is 1.51 bits per heavy atom. The number of imidazole rings is 1. The quantitative estimate of drug-likeness (QED) is 0.216. The van der Waals surface area contributed by atoms with Crippen molar-refractivity contribution in [3.05, 3.63) is 99.7 Å². The summed E-state index contributed by atoms with van der Waals surface area (Å²) in [5, 5.41) is 6.17. The molecule has 174 valence electrons. The minimum atomic E-state index is -0.318. The predicted octanol–water partition coefficient (Wildman–Crippen LogP) is 7.28. The molecule has 0 spiro atoms. The summed E-state index contributed by atoms with van der Waals surface area (Å²) in [6.07, 6.45) is 1.55. The van der Waals surface area contributed by atoms with Gasteiger partial charge >= 0.3 is 0 Å². The van der Waals surface area contributed by atoms with E-state index in [4.69, 9.17) is 9.72 Å². The van der Waals surface area contributed by atoms with E-state index in [2.05, 4.69) is 47.5 Å². The summed E-state index contributed by atoms with van der Waals surface area (Å²) in [7, 11) is 1.95. The number of aromatic nitrogens is 3. The molecule has 2 aromatic heterocycles. The number of aryl methyl sites for hydroxylation is 1. The van der Waals surface area contributed by atoms with Crippen LogP contribution in [-0.2, 0) is 7.05 Å². The van der Waals surface area contributed by atoms with Gasteiger partial charge in [0, 0.05) is 45.7 Å². The highest BCUT2D eigenvalue weighted by Crippen LogP contribution is 2.28. The van der Waals surface area contributed by atoms with E-state index in [-0.39, 0.29) is 11.6 Å². The number of benzene rings is 3. The molecule has 3 aromatic carbocycles. The number of nitrogens with one attached hydrogen (secondary N) is 2. The second kappa shape index (κ2) is 9.89. The highest BCUT2D eigenvalue weighted by atomic mass is 79.9. The molecule has 2 N–H and O–H groups in total. The van der Waals surface area contributed by atoms with Gasteiger partial charge in [0.15, 0.2) is 0 Å². The van der Waals surface area contributed by atoms with Gasteiger partial charge in [-0.3, -0.25) is 9.78 Å². The molecule has 0 aliphatic carbocycles. The molecule has 9 heteroatoms. The molecule has 5 aromatic rings. The van der Waals surface area contributed by atoms with E-state index in [1.807, 2.05) is 78.3 Å². The molecule has 1 amide bonds. The zero-order chi connectivity index (χ0) is 24.4. The molecule has 0 unspecified atom stereocenters. The largest absolute Gasteiger partial charge is 0.457 e. The van der Waals surface area contributed by atoms with Crippen LogP contribution in [-0.4, -0.2) is 20.4 Å². The first kappa shape index (κ1) is 23.1. The number of hydrogen-bond acceptors (Lipinski definition) is 5. The van der Waals surface area contributed by atoms with Gasteiger partial charge in [0.2, 0.25) is 5.95 Å². The van der Waals surface area contributed by atoms with Crippen molar-refractivity contribution in [3.8, 4) is 11.5 Å². The van der Waals surface area contributed by atoms with Crippen LogP contribution in [0.1, 0.15) is 10.5 Å². The fraction of sp³-hybridized carbons (Fsp3) is 0.0385. The smallest absolute Gasteiger partial charge is 0.274 e. The van der Waals surface area contributed by atoms with Crippen LogP contribution in [0.4, 0.5) is 17.3 Å². The third-order valence-electron chi connectivity index (χ3n) is 5.25. The van der Waals surface area contributed by atoms with E-state index in [0.717, 1.165) is 31.6 Å². The summed E-state index contributed by atoms with van der Waals surface area (Å²) in [4.78, 5) is 21.5. The molecule has 0 saturated carbocycles. The Bertz CT molecular complexity index is 1520. The van der Waals surface area contributed by atoms with Gasteiger partial charge in [-0.05, 0) is 66.7 Å². The fourth-order valence-corrected chi connectivity index (χ4v) is 4.01. The first-order valence-corrected chi connectivity index (χ1v) is 12.2. The standard InChI is InChI=1S/C26H19Br2N5O2/c1-33-24-11-10-20(14-22(24)32-26(33)31-19-8-4-17(28)5-9-19)35-21-12-13-29-23(15-21)25(34)30-18-6-2-16(27)3-7-18/h2-15H,1H3,(H,30,34)(H,31,32). The summed E-state index contributed by atoms with van der Waals surface area (Å²) in [5.74, 6) is 1.51. The minimum absolute atomic E-state index is 0.255. The molecule has 0 bridgehead atoms. The molecule has 0 radical (unpaired) electrons. The molecule has 5 rings (SSSR count). The van der Waals surface area contributed by atoms with Crippen LogP contribution in [0.5, 0.6) is 11.5 Å². The molecule has 0 saturated heterocycles. The van der Waals surface area contributed by atoms with Gasteiger partial charge in [-0.1, -0.05) is 31.9 Å². The first-order valence-electron chi connectivity index (χ1n) is 10.6. The van der Waals surface area contributed by atoms with Gasteiger partial charge in [-0.2, -0.15) is 0 Å². The van der Waals surface area contributed by atoms with Gasteiger partial charge in [0.1, 0.15) is 17.2 Å². The van der Waals surface area contributed by atoms with Crippen LogP contribution >= 0.6 is 31.9 Å². The zero-order valence-corrected chi connectivity index (χ0v) is 21.7. The van der Waals surface area contributed by atoms with Gasteiger partial charge in [0.25, 0.3) is 5.91 Å². The number of halogens is 2. The number of pyridine rings is 1. The topological polar surface area (TPSA) is 81.1 Å². The Labute approximate surface area is 218 Å². The number of anilines is 3. The molecule has 0 aliphatic heterocycles. The number of rotatable bonds is 6. The fourth-order valence-electron chi connectivity index (χ4n) is 3.48. The Balaban J connectivity index is 1.33. The summed E-state index contributed by atoms with van der Waals surface area (Å²) >= 11 is 6.83. The molecule has 7 nitrogen and oxygen atoms in total. The van der Waals surface area contributed by atoms with Crippen molar-refractivity contribution in [3.63, 3.8) is 0 Å². The van der Waals surface area contributed by atoms with Gasteiger partial charge in [-0.25, -0.2) is 4.98 Å². The molecular formula is C26H19Br2N5O2. The predicted molar refractivity (Wildman–Crippen MR) is 145 cm³/mol. The van der Waals surface area contributed by atoms with Crippen molar-refractivity contribution in [1.29, 1.82) is 0 Å². The summed E-state index contributed by atoms with van der Waals surface area (Å²) in [6.45, 7) is 0. The third kappa shape index (κ3) is 5.36. The summed E-state index contributed by atoms with van der Waals surface area (Å²) in [6, 6.07) is 24.2. The van der Waals surface area contributed by atoms with Crippen LogP contribution in [0.2, 0.25) is 0 Å². The summed E-state index contributed by atoms with van der Waals surface area (Å²) < 4.78 is 9.96. The summed E-state index contributed by atoms with van der Waals surface area (Å²) in [5.41, 5.74) is 3.62. The van der Waals surface area contributed by atoms with Crippen molar-refractivity contribution in [2.45, 2.75) is 0 Å². The van der Waals surface area contributed by atoms with E-state index in [1.165, 1.54) is 0 Å². The molecule has 0 fully saturated rings. The lowest BCUT2D eigenvalue weighted by atomic mass is 10.2. The van der Waals surface area contributed by atoms with Gasteiger partial charge in [0.05, 0.1) is 11.0 Å². The van der Waals surface area contributed by atoms with E-state index in [1.54, 1.807) is 18.3 Å². The van der Waals surface area contributed by atoms with Gasteiger partial charge < -0.3 is 19.9 Å². The number of hydrogen-bond donors (Lipinski definition) is 2. The van der Waals surface area contributed by atoms with Crippen LogP contribution in [0.3, 0.4) is 0 Å². The van der Waals surface area contributed by atoms with E-state index in [9.17, 15) is 4.79 Å². The van der Waals surface area contributed by atoms with Crippen LogP contribution in [0.25, 0.3) is 11.0 Å². The minimum Gasteiger partial charge on any atom is -0.457 e.